The fraction of sp³-hybridized carbons (Fsp3) is 0.500. The van der Waals surface area contributed by atoms with E-state index < -0.39 is 0 Å². The van der Waals surface area contributed by atoms with E-state index in [-0.39, 0.29) is 26.3 Å². The van der Waals surface area contributed by atoms with Gasteiger partial charge >= 0.3 is 18.9 Å². The van der Waals surface area contributed by atoms with Crippen LogP contribution in [0.1, 0.15) is 1.43 Å². The first kappa shape index (κ1) is 10.1. The topological polar surface area (TPSA) is 52.0 Å². The summed E-state index contributed by atoms with van der Waals surface area (Å²) >= 11 is 0. The van der Waals surface area contributed by atoms with Gasteiger partial charge in [0.1, 0.15) is 0 Å². The normalized spacial score (nSPS) is 11.0. The Morgan fingerprint density at radius 2 is 2.29 bits per heavy atom. The van der Waals surface area contributed by atoms with Gasteiger partial charge in [0.05, 0.1) is 6.04 Å². The molecule has 36 valence electrons. The Morgan fingerprint density at radius 1 is 1.86 bits per heavy atom. The third-order valence-corrected chi connectivity index (χ3v) is 0.468. The minimum atomic E-state index is -0.259. The Labute approximate surface area is 57.3 Å². The summed E-state index contributed by atoms with van der Waals surface area (Å²) in [6, 6.07) is -0.259. The van der Waals surface area contributed by atoms with Gasteiger partial charge in [-0.15, -0.1) is 6.42 Å². The van der Waals surface area contributed by atoms with Crippen LogP contribution >= 0.6 is 0 Å². The van der Waals surface area contributed by atoms with Gasteiger partial charge in [-0.2, -0.15) is 0 Å². The summed E-state index contributed by atoms with van der Waals surface area (Å²) in [6.45, 7) is 0.372. The molecule has 0 aromatic carbocycles. The second-order valence-corrected chi connectivity index (χ2v) is 1.01. The van der Waals surface area contributed by atoms with Crippen LogP contribution in [-0.4, -0.2) is 12.6 Å². The molecule has 3 heteroatoms. The average molecular weight is 92.1 g/mol. The van der Waals surface area contributed by atoms with E-state index in [1.807, 2.05) is 0 Å². The van der Waals surface area contributed by atoms with Gasteiger partial charge < -0.3 is 12.9 Å². The zero-order chi connectivity index (χ0) is 4.99. The van der Waals surface area contributed by atoms with Crippen LogP contribution in [0.25, 0.3) is 0 Å². The molecule has 0 spiro atoms. The fourth-order valence-electron chi connectivity index (χ4n) is 0.0680. The van der Waals surface area contributed by atoms with Gasteiger partial charge in [-0.25, -0.2) is 0 Å². The number of rotatable bonds is 1. The molecule has 0 aliphatic heterocycles. The van der Waals surface area contributed by atoms with Crippen molar-refractivity contribution in [3.8, 4) is 12.3 Å². The van der Waals surface area contributed by atoms with Crippen LogP contribution in [0.15, 0.2) is 0 Å². The van der Waals surface area contributed by atoms with Crippen molar-refractivity contribution in [2.24, 2.45) is 11.5 Å². The Balaban J connectivity index is -0.000000125. The molecule has 0 aliphatic carbocycles. The third kappa shape index (κ3) is 6.08. The molecule has 0 saturated carbocycles. The molecule has 0 fully saturated rings. The van der Waals surface area contributed by atoms with Gasteiger partial charge in [0.2, 0.25) is 0 Å². The summed E-state index contributed by atoms with van der Waals surface area (Å²) in [5.74, 6) is 2.27. The maximum absolute atomic E-state index is 5.11. The minimum Gasteiger partial charge on any atom is -1.00 e. The summed E-state index contributed by atoms with van der Waals surface area (Å²) in [6.07, 6.45) is 4.83. The Morgan fingerprint density at radius 3 is 2.29 bits per heavy atom. The maximum atomic E-state index is 5.11. The number of nitrogens with two attached hydrogens (primary N) is 2. The number of hydrogen-bond donors (Lipinski definition) is 2. The SMILES string of the molecule is C#CC(N)CN.[H-].[Li+]. The first-order valence-electron chi connectivity index (χ1n) is 1.73. The largest absolute Gasteiger partial charge is 1.00 e. The van der Waals surface area contributed by atoms with Gasteiger partial charge in [0.25, 0.3) is 0 Å². The summed E-state index contributed by atoms with van der Waals surface area (Å²) in [4.78, 5) is 0. The monoisotopic (exact) mass is 92.1 g/mol. The van der Waals surface area contributed by atoms with E-state index >= 15 is 0 Å². The molecule has 0 aromatic rings. The molecule has 7 heavy (non-hydrogen) atoms. The fourth-order valence-corrected chi connectivity index (χ4v) is 0.0680. The van der Waals surface area contributed by atoms with Crippen molar-refractivity contribution in [3.63, 3.8) is 0 Å². The first-order valence-corrected chi connectivity index (χ1v) is 1.73. The van der Waals surface area contributed by atoms with Crippen LogP contribution in [0.3, 0.4) is 0 Å². The van der Waals surface area contributed by atoms with Gasteiger partial charge in [0, 0.05) is 6.54 Å². The Hall–Kier alpha value is 0.0774. The van der Waals surface area contributed by atoms with E-state index in [4.69, 9.17) is 17.9 Å². The van der Waals surface area contributed by atoms with Crippen LogP contribution in [0.4, 0.5) is 0 Å². The van der Waals surface area contributed by atoms with Crippen molar-refractivity contribution in [1.29, 1.82) is 0 Å². The van der Waals surface area contributed by atoms with Crippen LogP contribution in [0.2, 0.25) is 0 Å². The van der Waals surface area contributed by atoms with Crippen molar-refractivity contribution in [1.82, 2.24) is 0 Å². The number of hydrogen-bond acceptors (Lipinski definition) is 2. The third-order valence-electron chi connectivity index (χ3n) is 0.468. The summed E-state index contributed by atoms with van der Waals surface area (Å²) < 4.78 is 0. The van der Waals surface area contributed by atoms with Crippen LogP contribution < -0.4 is 30.3 Å². The zero-order valence-electron chi connectivity index (χ0n) is 5.52. The van der Waals surface area contributed by atoms with Crippen molar-refractivity contribution in [2.45, 2.75) is 6.04 Å². The van der Waals surface area contributed by atoms with E-state index in [1.54, 1.807) is 0 Å². The van der Waals surface area contributed by atoms with E-state index in [9.17, 15) is 0 Å². The standard InChI is InChI=1S/C4H8N2.Li.H/c1-2-4(6)3-5;;/h1,4H,3,5-6H2;;/q;+1;-1. The van der Waals surface area contributed by atoms with Gasteiger partial charge in [-0.1, -0.05) is 5.92 Å². The Kier molecular flexibility index (Phi) is 8.80. The second-order valence-electron chi connectivity index (χ2n) is 1.01. The molecule has 1 atom stereocenters. The van der Waals surface area contributed by atoms with Crippen LogP contribution in [0, 0.1) is 12.3 Å². The quantitative estimate of drug-likeness (QED) is 0.256. The molecule has 0 bridgehead atoms. The molecule has 0 aliphatic rings. The van der Waals surface area contributed by atoms with E-state index in [0.717, 1.165) is 0 Å². The molecule has 0 rings (SSSR count). The zero-order valence-corrected chi connectivity index (χ0v) is 4.52. The van der Waals surface area contributed by atoms with Crippen LogP contribution in [-0.2, 0) is 0 Å². The predicted octanol–water partition coefficient (Wildman–Crippen LogP) is -3.98. The molecule has 0 amide bonds. The first-order chi connectivity index (χ1) is 2.81. The van der Waals surface area contributed by atoms with Gasteiger partial charge in [-0.3, -0.25) is 0 Å². The molecule has 0 aromatic heterocycles. The molecule has 1 unspecified atom stereocenters. The summed E-state index contributed by atoms with van der Waals surface area (Å²) in [5, 5.41) is 0. The van der Waals surface area contributed by atoms with E-state index in [0.29, 0.717) is 6.54 Å². The summed E-state index contributed by atoms with van der Waals surface area (Å²) in [7, 11) is 0. The van der Waals surface area contributed by atoms with Crippen LogP contribution in [0.5, 0.6) is 0 Å². The Bertz CT molecular complexity index is 70.9. The minimum absolute atomic E-state index is 0. The maximum Gasteiger partial charge on any atom is 1.00 e. The summed E-state index contributed by atoms with van der Waals surface area (Å²) in [5.41, 5.74) is 10.1. The van der Waals surface area contributed by atoms with Crippen molar-refractivity contribution < 1.29 is 20.3 Å². The molecular weight excluding hydrogens is 83.0 g/mol. The average Bonchev–Trinajstić information content (AvgIpc) is 1.65. The molecule has 0 heterocycles. The van der Waals surface area contributed by atoms with Crippen molar-refractivity contribution >= 4 is 0 Å². The smallest absolute Gasteiger partial charge is 1.00 e. The van der Waals surface area contributed by atoms with Gasteiger partial charge in [0.15, 0.2) is 0 Å². The van der Waals surface area contributed by atoms with E-state index in [2.05, 4.69) is 5.92 Å². The molecular formula is C4H9LiN2. The molecule has 0 radical (unpaired) electrons. The number of terminal acetylenes is 1. The molecule has 0 saturated heterocycles. The van der Waals surface area contributed by atoms with Gasteiger partial charge in [-0.05, 0) is 0 Å². The van der Waals surface area contributed by atoms with Crippen molar-refractivity contribution in [2.75, 3.05) is 6.54 Å². The van der Waals surface area contributed by atoms with E-state index in [1.165, 1.54) is 0 Å². The van der Waals surface area contributed by atoms with Crippen molar-refractivity contribution in [3.05, 3.63) is 0 Å². The predicted molar refractivity (Wildman–Crippen MR) is 27.0 cm³/mol. The second kappa shape index (κ2) is 6.08. The molecule has 2 nitrogen and oxygen atoms in total. The molecule has 4 N–H and O–H groups in total.